The minimum Gasteiger partial charge on any atom is -0.282 e. The summed E-state index contributed by atoms with van der Waals surface area (Å²) < 4.78 is 32.3. The fraction of sp³-hybridized carbons (Fsp3) is 0. The Labute approximate surface area is 141 Å². The molecule has 1 N–H and O–H groups in total. The Kier molecular flexibility index (Phi) is 4.60. The molecule has 0 radical (unpaired) electrons. The van der Waals surface area contributed by atoms with Gasteiger partial charge in [-0.2, -0.15) is 8.42 Å². The third-order valence-corrected chi connectivity index (χ3v) is 4.61. The minimum atomic E-state index is -4.25. The van der Waals surface area contributed by atoms with Crippen LogP contribution in [0.4, 0.5) is 0 Å². The van der Waals surface area contributed by atoms with Gasteiger partial charge in [0, 0.05) is 0 Å². The van der Waals surface area contributed by atoms with Gasteiger partial charge in [0.15, 0.2) is 0 Å². The van der Waals surface area contributed by atoms with Crippen LogP contribution in [-0.4, -0.2) is 13.0 Å². The van der Waals surface area contributed by atoms with E-state index in [1.807, 2.05) is 60.7 Å². The Bertz CT molecular complexity index is 975. The van der Waals surface area contributed by atoms with E-state index in [0.717, 1.165) is 16.7 Å². The summed E-state index contributed by atoms with van der Waals surface area (Å²) in [5, 5.41) is 0. The minimum absolute atomic E-state index is 0.0987. The lowest BCUT2D eigenvalue weighted by Crippen LogP contribution is -2.00. The molecule has 3 nitrogen and oxygen atoms in total. The van der Waals surface area contributed by atoms with Crippen LogP contribution in [0.5, 0.6) is 0 Å². The van der Waals surface area contributed by atoms with Gasteiger partial charge in [-0.3, -0.25) is 4.55 Å². The molecule has 0 aliphatic heterocycles. The van der Waals surface area contributed by atoms with Crippen molar-refractivity contribution in [1.29, 1.82) is 0 Å². The molecular weight excluding hydrogens is 320 g/mol. The van der Waals surface area contributed by atoms with Gasteiger partial charge in [0.25, 0.3) is 10.1 Å². The van der Waals surface area contributed by atoms with Crippen molar-refractivity contribution < 1.29 is 13.0 Å². The monoisotopic (exact) mass is 336 g/mol. The van der Waals surface area contributed by atoms with Gasteiger partial charge in [-0.15, -0.1) is 0 Å². The molecule has 120 valence electrons. The van der Waals surface area contributed by atoms with Crippen LogP contribution in [0.25, 0.3) is 23.3 Å². The molecular formula is C20H16O3S. The number of benzene rings is 3. The van der Waals surface area contributed by atoms with Gasteiger partial charge in [-0.05, 0) is 28.3 Å². The van der Waals surface area contributed by atoms with E-state index in [1.165, 1.54) is 6.07 Å². The summed E-state index contributed by atoms with van der Waals surface area (Å²) in [6, 6.07) is 24.2. The topological polar surface area (TPSA) is 54.4 Å². The molecule has 0 saturated heterocycles. The van der Waals surface area contributed by atoms with Crippen LogP contribution in [0.2, 0.25) is 0 Å². The molecule has 0 aromatic heterocycles. The molecule has 0 saturated carbocycles. The second kappa shape index (κ2) is 6.83. The Morgan fingerprint density at radius 3 is 1.92 bits per heavy atom. The van der Waals surface area contributed by atoms with Crippen molar-refractivity contribution in [2.45, 2.75) is 4.90 Å². The predicted molar refractivity (Wildman–Crippen MR) is 97.1 cm³/mol. The van der Waals surface area contributed by atoms with Gasteiger partial charge in [0.05, 0.1) is 0 Å². The van der Waals surface area contributed by atoms with E-state index < -0.39 is 10.1 Å². The van der Waals surface area contributed by atoms with Gasteiger partial charge in [-0.1, -0.05) is 84.9 Å². The molecule has 0 unspecified atom stereocenters. The summed E-state index contributed by atoms with van der Waals surface area (Å²) in [6.45, 7) is 0. The predicted octanol–water partition coefficient (Wildman–Crippen LogP) is 4.77. The van der Waals surface area contributed by atoms with E-state index in [4.69, 9.17) is 0 Å². The van der Waals surface area contributed by atoms with Gasteiger partial charge < -0.3 is 0 Å². The van der Waals surface area contributed by atoms with Gasteiger partial charge >= 0.3 is 0 Å². The molecule has 0 spiro atoms. The Morgan fingerprint density at radius 2 is 1.21 bits per heavy atom. The molecule has 3 aromatic carbocycles. The van der Waals surface area contributed by atoms with Crippen molar-refractivity contribution in [2.24, 2.45) is 0 Å². The molecule has 0 atom stereocenters. The third-order valence-electron chi connectivity index (χ3n) is 3.68. The first-order chi connectivity index (χ1) is 11.6. The highest BCUT2D eigenvalue weighted by Crippen LogP contribution is 2.26. The van der Waals surface area contributed by atoms with E-state index >= 15 is 0 Å². The summed E-state index contributed by atoms with van der Waals surface area (Å²) in [5.41, 5.74) is 3.55. The second-order valence-electron chi connectivity index (χ2n) is 5.30. The molecule has 0 bridgehead atoms. The molecule has 0 aliphatic carbocycles. The van der Waals surface area contributed by atoms with Crippen molar-refractivity contribution in [1.82, 2.24) is 0 Å². The molecule has 0 fully saturated rings. The fourth-order valence-electron chi connectivity index (χ4n) is 2.56. The van der Waals surface area contributed by atoms with E-state index in [-0.39, 0.29) is 4.90 Å². The Balaban J connectivity index is 2.04. The zero-order chi connectivity index (χ0) is 17.0. The van der Waals surface area contributed by atoms with Gasteiger partial charge in [-0.25, -0.2) is 0 Å². The first-order valence-electron chi connectivity index (χ1n) is 7.45. The Morgan fingerprint density at radius 1 is 0.667 bits per heavy atom. The summed E-state index contributed by atoms with van der Waals surface area (Å²) in [5.74, 6) is 0. The maximum absolute atomic E-state index is 11.5. The maximum atomic E-state index is 11.5. The Hall–Kier alpha value is -2.69. The highest BCUT2D eigenvalue weighted by molar-refractivity contribution is 7.85. The van der Waals surface area contributed by atoms with E-state index in [0.29, 0.717) is 5.56 Å². The van der Waals surface area contributed by atoms with Gasteiger partial charge in [0.2, 0.25) is 0 Å². The molecule has 0 heterocycles. The van der Waals surface area contributed by atoms with Crippen molar-refractivity contribution in [3.05, 3.63) is 90.0 Å². The standard InChI is InChI=1S/C20H16O3S/c21-24(22,23)20-13-7-5-11-18(20)15-14-17-10-4-6-12-19(17)16-8-2-1-3-9-16/h1-15H,(H,21,22,23). The summed E-state index contributed by atoms with van der Waals surface area (Å²) >= 11 is 0. The lowest BCUT2D eigenvalue weighted by Gasteiger charge is -2.07. The maximum Gasteiger partial charge on any atom is 0.295 e. The quantitative estimate of drug-likeness (QED) is 0.551. The number of rotatable bonds is 4. The van der Waals surface area contributed by atoms with Crippen LogP contribution >= 0.6 is 0 Å². The van der Waals surface area contributed by atoms with E-state index in [1.54, 1.807) is 24.3 Å². The van der Waals surface area contributed by atoms with E-state index in [2.05, 4.69) is 0 Å². The fourth-order valence-corrected chi connectivity index (χ4v) is 3.24. The number of hydrogen-bond acceptors (Lipinski definition) is 2. The normalized spacial score (nSPS) is 11.7. The van der Waals surface area contributed by atoms with Crippen LogP contribution in [0.3, 0.4) is 0 Å². The molecule has 3 rings (SSSR count). The largest absolute Gasteiger partial charge is 0.295 e. The van der Waals surface area contributed by atoms with Crippen LogP contribution in [-0.2, 0) is 10.1 Å². The third kappa shape index (κ3) is 3.62. The molecule has 0 aliphatic rings. The van der Waals surface area contributed by atoms with Crippen LogP contribution in [0.15, 0.2) is 83.8 Å². The molecule has 0 amide bonds. The van der Waals surface area contributed by atoms with Crippen LogP contribution in [0.1, 0.15) is 11.1 Å². The zero-order valence-electron chi connectivity index (χ0n) is 12.8. The average molecular weight is 336 g/mol. The highest BCUT2D eigenvalue weighted by Gasteiger charge is 2.12. The van der Waals surface area contributed by atoms with Crippen molar-refractivity contribution in [3.8, 4) is 11.1 Å². The lowest BCUT2D eigenvalue weighted by atomic mass is 9.99. The van der Waals surface area contributed by atoms with E-state index in [9.17, 15) is 13.0 Å². The van der Waals surface area contributed by atoms with Crippen molar-refractivity contribution in [3.63, 3.8) is 0 Å². The highest BCUT2D eigenvalue weighted by atomic mass is 32.2. The average Bonchev–Trinajstić information content (AvgIpc) is 2.60. The van der Waals surface area contributed by atoms with Crippen LogP contribution in [0, 0.1) is 0 Å². The second-order valence-corrected chi connectivity index (χ2v) is 6.69. The SMILES string of the molecule is O=S(=O)(O)c1ccccc1C=Cc1ccccc1-c1ccccc1. The summed E-state index contributed by atoms with van der Waals surface area (Å²) in [7, 11) is -4.25. The first-order valence-corrected chi connectivity index (χ1v) is 8.89. The smallest absolute Gasteiger partial charge is 0.282 e. The molecule has 4 heteroatoms. The first kappa shape index (κ1) is 16.2. The zero-order valence-corrected chi connectivity index (χ0v) is 13.6. The lowest BCUT2D eigenvalue weighted by molar-refractivity contribution is 0.483. The van der Waals surface area contributed by atoms with Crippen molar-refractivity contribution >= 4 is 22.3 Å². The van der Waals surface area contributed by atoms with Crippen LogP contribution < -0.4 is 0 Å². The molecule has 24 heavy (non-hydrogen) atoms. The summed E-state index contributed by atoms with van der Waals surface area (Å²) in [4.78, 5) is -0.0987. The van der Waals surface area contributed by atoms with Crippen molar-refractivity contribution in [2.75, 3.05) is 0 Å². The van der Waals surface area contributed by atoms with Gasteiger partial charge in [0.1, 0.15) is 4.90 Å². The molecule has 3 aromatic rings. The number of hydrogen-bond donors (Lipinski definition) is 1. The summed E-state index contributed by atoms with van der Waals surface area (Å²) in [6.07, 6.45) is 3.55.